The van der Waals surface area contributed by atoms with Gasteiger partial charge in [-0.15, -0.1) is 0 Å². The van der Waals surface area contributed by atoms with Crippen molar-refractivity contribution < 1.29 is 0 Å². The molecule has 0 bridgehead atoms. The number of para-hydroxylation sites is 2. The topological polar surface area (TPSA) is 6.48 Å². The minimum atomic E-state index is 1.13. The Morgan fingerprint density at radius 3 is 0.979 bits per heavy atom. The van der Waals surface area contributed by atoms with E-state index < -0.39 is 0 Å². The van der Waals surface area contributed by atoms with E-state index in [0.717, 1.165) is 22.7 Å². The Kier molecular flexibility index (Phi) is 7.42. The van der Waals surface area contributed by atoms with Gasteiger partial charge in [0, 0.05) is 33.5 Å². The second-order valence-electron chi connectivity index (χ2n) is 13.0. The molecule has 0 heterocycles. The predicted octanol–water partition coefficient (Wildman–Crippen LogP) is 13.3. The van der Waals surface area contributed by atoms with E-state index in [0.29, 0.717) is 0 Å². The maximum atomic E-state index is 2.42. The Labute approximate surface area is 283 Å². The molecule has 0 aliphatic rings. The molecule has 8 rings (SSSR count). The van der Waals surface area contributed by atoms with Crippen molar-refractivity contribution >= 4 is 66.4 Å². The van der Waals surface area contributed by atoms with Gasteiger partial charge in [-0.1, -0.05) is 107 Å². The summed E-state index contributed by atoms with van der Waals surface area (Å²) >= 11 is 0. The highest BCUT2D eigenvalue weighted by Gasteiger charge is 2.22. The molecular weight excluding hydrogens is 581 g/mol. The Hall–Kier alpha value is -5.86. The van der Waals surface area contributed by atoms with Crippen molar-refractivity contribution in [3.05, 3.63) is 180 Å². The molecule has 232 valence electrons. The number of nitrogens with zero attached hydrogens (tertiary/aromatic N) is 2. The fourth-order valence-electron chi connectivity index (χ4n) is 7.01. The van der Waals surface area contributed by atoms with Crippen LogP contribution in [0.1, 0.15) is 22.3 Å². The number of hydrogen-bond acceptors (Lipinski definition) is 2. The lowest BCUT2D eigenvalue weighted by Crippen LogP contribution is -2.12. The molecule has 8 aromatic rings. The van der Waals surface area contributed by atoms with Crippen LogP contribution in [0, 0.1) is 27.7 Å². The van der Waals surface area contributed by atoms with Crippen molar-refractivity contribution in [2.45, 2.75) is 27.7 Å². The summed E-state index contributed by atoms with van der Waals surface area (Å²) in [7, 11) is 0. The van der Waals surface area contributed by atoms with E-state index in [1.54, 1.807) is 0 Å². The molecule has 0 aliphatic carbocycles. The number of rotatable bonds is 6. The van der Waals surface area contributed by atoms with Gasteiger partial charge < -0.3 is 9.80 Å². The van der Waals surface area contributed by atoms with Gasteiger partial charge in [-0.3, -0.25) is 0 Å². The first-order valence-electron chi connectivity index (χ1n) is 16.7. The van der Waals surface area contributed by atoms with Crippen LogP contribution in [0.5, 0.6) is 0 Å². The van der Waals surface area contributed by atoms with Crippen LogP contribution in [-0.2, 0) is 0 Å². The molecule has 0 radical (unpaired) electrons. The monoisotopic (exact) mass is 618 g/mol. The maximum Gasteiger partial charge on any atom is 0.0546 e. The zero-order valence-corrected chi connectivity index (χ0v) is 27.9. The van der Waals surface area contributed by atoms with Crippen molar-refractivity contribution in [1.82, 2.24) is 0 Å². The third-order valence-corrected chi connectivity index (χ3v) is 9.43. The molecular formula is C46H38N2. The zero-order valence-electron chi connectivity index (χ0n) is 27.9. The molecule has 0 N–H and O–H groups in total. The third kappa shape index (κ3) is 5.26. The van der Waals surface area contributed by atoms with Crippen molar-refractivity contribution in [3.63, 3.8) is 0 Å². The van der Waals surface area contributed by atoms with Crippen molar-refractivity contribution in [2.75, 3.05) is 9.80 Å². The standard InChI is InChI=1S/C46H38N2/c1-31-15-21-37(22-16-31)47(35-11-7-5-8-12-35)45-29-41-40-26-20-34(4)28-44(40)46(30-42(41)39-25-19-33(3)27-43(39)45)48(36-13-9-6-10-14-36)38-23-17-32(2)18-24-38/h5-30H,1-4H3. The van der Waals surface area contributed by atoms with Crippen LogP contribution in [-0.4, -0.2) is 0 Å². The second-order valence-corrected chi connectivity index (χ2v) is 13.0. The van der Waals surface area contributed by atoms with Gasteiger partial charge in [0.15, 0.2) is 0 Å². The highest BCUT2D eigenvalue weighted by Crippen LogP contribution is 2.47. The van der Waals surface area contributed by atoms with E-state index in [9.17, 15) is 0 Å². The quantitative estimate of drug-likeness (QED) is 0.171. The highest BCUT2D eigenvalue weighted by molar-refractivity contribution is 6.24. The fraction of sp³-hybridized carbons (Fsp3) is 0.0870. The van der Waals surface area contributed by atoms with Crippen LogP contribution in [0.4, 0.5) is 34.1 Å². The Bertz CT molecular complexity index is 2240. The number of anilines is 6. The van der Waals surface area contributed by atoms with Crippen LogP contribution < -0.4 is 9.80 Å². The summed E-state index contributed by atoms with van der Waals surface area (Å²) in [5.74, 6) is 0. The summed E-state index contributed by atoms with van der Waals surface area (Å²) < 4.78 is 0. The minimum absolute atomic E-state index is 1.13. The first-order valence-corrected chi connectivity index (χ1v) is 16.7. The van der Waals surface area contributed by atoms with Gasteiger partial charge in [0.25, 0.3) is 0 Å². The molecule has 0 fully saturated rings. The predicted molar refractivity (Wildman–Crippen MR) is 207 cm³/mol. The smallest absolute Gasteiger partial charge is 0.0546 e. The van der Waals surface area contributed by atoms with Crippen molar-refractivity contribution in [2.24, 2.45) is 0 Å². The maximum absolute atomic E-state index is 2.42. The molecule has 0 aliphatic heterocycles. The van der Waals surface area contributed by atoms with Gasteiger partial charge in [-0.2, -0.15) is 0 Å². The summed E-state index contributed by atoms with van der Waals surface area (Å²) in [6, 6.07) is 57.9. The Balaban J connectivity index is 1.50. The van der Waals surface area contributed by atoms with Gasteiger partial charge in [0.2, 0.25) is 0 Å². The fourth-order valence-corrected chi connectivity index (χ4v) is 7.01. The molecule has 0 atom stereocenters. The average Bonchev–Trinajstić information content (AvgIpc) is 3.11. The highest BCUT2D eigenvalue weighted by atomic mass is 15.1. The number of fused-ring (bicyclic) bond motifs is 5. The number of aryl methyl sites for hydroxylation is 4. The first kappa shape index (κ1) is 29.5. The van der Waals surface area contributed by atoms with E-state index >= 15 is 0 Å². The van der Waals surface area contributed by atoms with E-state index in [1.165, 1.54) is 65.9 Å². The summed E-state index contributed by atoms with van der Waals surface area (Å²) in [5.41, 5.74) is 11.9. The minimum Gasteiger partial charge on any atom is -0.310 e. The van der Waals surface area contributed by atoms with Crippen LogP contribution in [0.3, 0.4) is 0 Å². The van der Waals surface area contributed by atoms with Crippen LogP contribution >= 0.6 is 0 Å². The van der Waals surface area contributed by atoms with Gasteiger partial charge >= 0.3 is 0 Å². The molecule has 2 nitrogen and oxygen atoms in total. The lowest BCUT2D eigenvalue weighted by atomic mass is 9.92. The summed E-state index contributed by atoms with van der Waals surface area (Å²) in [6.07, 6.45) is 0. The Morgan fingerprint density at radius 1 is 0.271 bits per heavy atom. The molecule has 2 heteroatoms. The summed E-state index contributed by atoms with van der Waals surface area (Å²) in [6.45, 7) is 8.67. The van der Waals surface area contributed by atoms with E-state index in [-0.39, 0.29) is 0 Å². The molecule has 0 amide bonds. The molecule has 0 aromatic heterocycles. The summed E-state index contributed by atoms with van der Waals surface area (Å²) in [4.78, 5) is 4.83. The largest absolute Gasteiger partial charge is 0.310 e. The van der Waals surface area contributed by atoms with Gasteiger partial charge in [-0.25, -0.2) is 0 Å². The average molecular weight is 619 g/mol. The normalized spacial score (nSPS) is 11.3. The molecule has 0 saturated heterocycles. The Morgan fingerprint density at radius 2 is 0.604 bits per heavy atom. The van der Waals surface area contributed by atoms with Crippen LogP contribution in [0.2, 0.25) is 0 Å². The SMILES string of the molecule is Cc1ccc(N(c2ccccc2)c2cc3c4ccc(C)cc4c(N(c4ccccc4)c4ccc(C)cc4)cc3c3ccc(C)cc23)cc1. The van der Waals surface area contributed by atoms with E-state index in [1.807, 2.05) is 0 Å². The zero-order chi connectivity index (χ0) is 32.8. The second kappa shape index (κ2) is 12.1. The van der Waals surface area contributed by atoms with Crippen molar-refractivity contribution in [1.29, 1.82) is 0 Å². The lowest BCUT2D eigenvalue weighted by molar-refractivity contribution is 1.29. The van der Waals surface area contributed by atoms with Crippen LogP contribution in [0.15, 0.2) is 158 Å². The van der Waals surface area contributed by atoms with Gasteiger partial charge in [0.1, 0.15) is 0 Å². The number of benzene rings is 8. The lowest BCUT2D eigenvalue weighted by Gasteiger charge is -2.30. The number of hydrogen-bond donors (Lipinski definition) is 0. The van der Waals surface area contributed by atoms with E-state index in [4.69, 9.17) is 0 Å². The first-order chi connectivity index (χ1) is 23.4. The van der Waals surface area contributed by atoms with Gasteiger partial charge in [-0.05, 0) is 122 Å². The summed E-state index contributed by atoms with van der Waals surface area (Å²) in [5, 5.41) is 7.41. The molecule has 0 unspecified atom stereocenters. The molecule has 8 aromatic carbocycles. The molecule has 48 heavy (non-hydrogen) atoms. The third-order valence-electron chi connectivity index (χ3n) is 9.43. The van der Waals surface area contributed by atoms with Crippen molar-refractivity contribution in [3.8, 4) is 0 Å². The van der Waals surface area contributed by atoms with Crippen LogP contribution in [0.25, 0.3) is 32.3 Å². The molecule has 0 saturated carbocycles. The van der Waals surface area contributed by atoms with E-state index in [2.05, 4.69) is 195 Å². The molecule has 0 spiro atoms. The van der Waals surface area contributed by atoms with Gasteiger partial charge in [0.05, 0.1) is 11.4 Å².